The van der Waals surface area contributed by atoms with Gasteiger partial charge in [-0.1, -0.05) is 52.5 Å². The highest BCUT2D eigenvalue weighted by Gasteiger charge is 2.30. The predicted molar refractivity (Wildman–Crippen MR) is 152 cm³/mol. The number of methoxy groups -OCH3 is 1. The van der Waals surface area contributed by atoms with Gasteiger partial charge in [0.2, 0.25) is 0 Å². The number of piperazine rings is 1. The summed E-state index contributed by atoms with van der Waals surface area (Å²) in [4.78, 5) is 7.94. The SMILES string of the molecule is CCCCCN1CCN(c2ccc(N3CCC(OC)CC3)cc2C2=CCC(CC)(CC)CC2)CC1. The summed E-state index contributed by atoms with van der Waals surface area (Å²) in [6.45, 7) is 15.2. The summed E-state index contributed by atoms with van der Waals surface area (Å²) in [5, 5.41) is 0. The van der Waals surface area contributed by atoms with Crippen LogP contribution in [-0.2, 0) is 4.74 Å². The Balaban J connectivity index is 1.54. The number of nitrogens with zero attached hydrogens (tertiary/aromatic N) is 3. The second kappa shape index (κ2) is 12.6. The summed E-state index contributed by atoms with van der Waals surface area (Å²) in [7, 11) is 1.86. The van der Waals surface area contributed by atoms with E-state index in [4.69, 9.17) is 4.74 Å². The van der Waals surface area contributed by atoms with Crippen molar-refractivity contribution in [3.63, 3.8) is 0 Å². The summed E-state index contributed by atoms with van der Waals surface area (Å²) >= 11 is 0. The van der Waals surface area contributed by atoms with E-state index in [9.17, 15) is 0 Å². The van der Waals surface area contributed by atoms with Crippen molar-refractivity contribution in [1.82, 2.24) is 4.90 Å². The Kier molecular flexibility index (Phi) is 9.58. The van der Waals surface area contributed by atoms with E-state index in [1.165, 1.54) is 87.9 Å². The Morgan fingerprint density at radius 3 is 2.26 bits per heavy atom. The summed E-state index contributed by atoms with van der Waals surface area (Å²) < 4.78 is 5.63. The van der Waals surface area contributed by atoms with Crippen LogP contribution in [0.3, 0.4) is 0 Å². The van der Waals surface area contributed by atoms with Crippen LogP contribution in [0.5, 0.6) is 0 Å². The molecule has 1 aromatic carbocycles. The Morgan fingerprint density at radius 1 is 0.914 bits per heavy atom. The normalized spacial score (nSPS) is 21.9. The number of ether oxygens (including phenoxy) is 1. The number of benzene rings is 1. The van der Waals surface area contributed by atoms with Gasteiger partial charge in [-0.25, -0.2) is 0 Å². The molecule has 0 bridgehead atoms. The first-order valence-electron chi connectivity index (χ1n) is 14.7. The van der Waals surface area contributed by atoms with Crippen molar-refractivity contribution in [2.24, 2.45) is 5.41 Å². The lowest BCUT2D eigenvalue weighted by molar-refractivity contribution is 0.0819. The highest BCUT2D eigenvalue weighted by atomic mass is 16.5. The quantitative estimate of drug-likeness (QED) is 0.335. The van der Waals surface area contributed by atoms with E-state index in [-0.39, 0.29) is 0 Å². The lowest BCUT2D eigenvalue weighted by Gasteiger charge is -2.39. The molecule has 196 valence electrons. The van der Waals surface area contributed by atoms with Crippen molar-refractivity contribution in [1.29, 1.82) is 0 Å². The molecule has 0 amide bonds. The fourth-order valence-corrected chi connectivity index (χ4v) is 6.48. The summed E-state index contributed by atoms with van der Waals surface area (Å²) in [6.07, 6.45) is 15.7. The van der Waals surface area contributed by atoms with Gasteiger partial charge in [0.15, 0.2) is 0 Å². The van der Waals surface area contributed by atoms with E-state index < -0.39 is 0 Å². The summed E-state index contributed by atoms with van der Waals surface area (Å²) in [6, 6.07) is 7.38. The minimum Gasteiger partial charge on any atom is -0.381 e. The number of hydrogen-bond acceptors (Lipinski definition) is 4. The maximum Gasteiger partial charge on any atom is 0.0605 e. The number of piperidine rings is 1. The molecule has 3 aliphatic rings. The van der Waals surface area contributed by atoms with Crippen molar-refractivity contribution in [2.75, 3.05) is 62.7 Å². The van der Waals surface area contributed by atoms with Gasteiger partial charge in [-0.3, -0.25) is 4.90 Å². The van der Waals surface area contributed by atoms with E-state index >= 15 is 0 Å². The molecule has 1 aromatic rings. The Hall–Kier alpha value is -1.52. The molecule has 4 nitrogen and oxygen atoms in total. The summed E-state index contributed by atoms with van der Waals surface area (Å²) in [5.41, 5.74) is 6.50. The lowest BCUT2D eigenvalue weighted by atomic mass is 9.70. The molecule has 2 saturated heterocycles. The van der Waals surface area contributed by atoms with Crippen LogP contribution in [0.25, 0.3) is 5.57 Å². The van der Waals surface area contributed by atoms with Crippen molar-refractivity contribution >= 4 is 16.9 Å². The van der Waals surface area contributed by atoms with Crippen LogP contribution in [0.15, 0.2) is 24.3 Å². The van der Waals surface area contributed by atoms with Gasteiger partial charge >= 0.3 is 0 Å². The van der Waals surface area contributed by atoms with Crippen molar-refractivity contribution in [3.05, 3.63) is 29.8 Å². The number of rotatable bonds is 10. The third-order valence-corrected chi connectivity index (χ3v) is 9.46. The van der Waals surface area contributed by atoms with Crippen molar-refractivity contribution < 1.29 is 4.74 Å². The molecule has 0 unspecified atom stereocenters. The molecule has 1 aliphatic carbocycles. The van der Waals surface area contributed by atoms with Gasteiger partial charge in [0.25, 0.3) is 0 Å². The fourth-order valence-electron chi connectivity index (χ4n) is 6.48. The Labute approximate surface area is 215 Å². The van der Waals surface area contributed by atoms with Gasteiger partial charge in [0, 0.05) is 63.3 Å². The highest BCUT2D eigenvalue weighted by Crippen LogP contribution is 2.45. The average molecular weight is 482 g/mol. The van der Waals surface area contributed by atoms with Crippen LogP contribution in [-0.4, -0.2) is 63.9 Å². The first-order chi connectivity index (χ1) is 17.1. The average Bonchev–Trinajstić information content (AvgIpc) is 2.93. The van der Waals surface area contributed by atoms with Crippen LogP contribution in [0.4, 0.5) is 11.4 Å². The molecule has 0 N–H and O–H groups in total. The zero-order valence-electron chi connectivity index (χ0n) is 23.2. The third-order valence-electron chi connectivity index (χ3n) is 9.46. The molecule has 4 rings (SSSR count). The molecular weight excluding hydrogens is 430 g/mol. The molecule has 0 spiro atoms. The smallest absolute Gasteiger partial charge is 0.0605 e. The monoisotopic (exact) mass is 481 g/mol. The van der Waals surface area contributed by atoms with E-state index in [2.05, 4.69) is 59.7 Å². The van der Waals surface area contributed by atoms with Crippen molar-refractivity contribution in [2.45, 2.75) is 91.1 Å². The van der Waals surface area contributed by atoms with Gasteiger partial charge < -0.3 is 14.5 Å². The first kappa shape index (κ1) is 26.5. The highest BCUT2D eigenvalue weighted by molar-refractivity contribution is 5.80. The van der Waals surface area contributed by atoms with Gasteiger partial charge in [0.1, 0.15) is 0 Å². The molecule has 0 saturated carbocycles. The second-order valence-electron chi connectivity index (χ2n) is 11.3. The molecule has 35 heavy (non-hydrogen) atoms. The minimum absolute atomic E-state index is 0.427. The second-order valence-corrected chi connectivity index (χ2v) is 11.3. The van der Waals surface area contributed by atoms with Gasteiger partial charge in [-0.05, 0) is 74.3 Å². The number of hydrogen-bond donors (Lipinski definition) is 0. The van der Waals surface area contributed by atoms with Crippen LogP contribution in [0, 0.1) is 5.41 Å². The van der Waals surface area contributed by atoms with Gasteiger partial charge in [-0.2, -0.15) is 0 Å². The minimum atomic E-state index is 0.427. The van der Waals surface area contributed by atoms with E-state index in [0.29, 0.717) is 11.5 Å². The van der Waals surface area contributed by atoms with Crippen LogP contribution >= 0.6 is 0 Å². The Bertz CT molecular complexity index is 815. The topological polar surface area (TPSA) is 19.0 Å². The van der Waals surface area contributed by atoms with Crippen LogP contribution in [0.2, 0.25) is 0 Å². The maximum absolute atomic E-state index is 5.63. The fraction of sp³-hybridized carbons (Fsp3) is 0.742. The number of anilines is 2. The molecule has 0 atom stereocenters. The summed E-state index contributed by atoms with van der Waals surface area (Å²) in [5.74, 6) is 0. The molecular formula is C31H51N3O. The van der Waals surface area contributed by atoms with E-state index in [1.807, 2.05) is 7.11 Å². The largest absolute Gasteiger partial charge is 0.381 e. The molecule has 2 fully saturated rings. The lowest BCUT2D eigenvalue weighted by Crippen LogP contribution is -2.47. The van der Waals surface area contributed by atoms with Gasteiger partial charge in [-0.15, -0.1) is 0 Å². The molecule has 0 aromatic heterocycles. The predicted octanol–water partition coefficient (Wildman–Crippen LogP) is 6.99. The van der Waals surface area contributed by atoms with E-state index in [1.54, 1.807) is 5.57 Å². The zero-order valence-corrected chi connectivity index (χ0v) is 23.2. The zero-order chi connectivity index (χ0) is 24.7. The molecule has 4 heteroatoms. The first-order valence-corrected chi connectivity index (χ1v) is 14.7. The standard InChI is InChI=1S/C31H51N3O/c1-5-8-9-18-32-21-23-34(24-22-32)30-11-10-27(33-19-14-28(35-4)15-20-33)25-29(30)26-12-16-31(6-2,7-3)17-13-26/h10-12,25,28H,5-9,13-24H2,1-4H3. The van der Waals surface area contributed by atoms with Crippen LogP contribution < -0.4 is 9.80 Å². The van der Waals surface area contributed by atoms with Crippen LogP contribution in [0.1, 0.15) is 90.5 Å². The molecule has 2 aliphatic heterocycles. The van der Waals surface area contributed by atoms with Crippen molar-refractivity contribution in [3.8, 4) is 0 Å². The van der Waals surface area contributed by atoms with E-state index in [0.717, 1.165) is 39.0 Å². The molecule has 2 heterocycles. The van der Waals surface area contributed by atoms with Gasteiger partial charge in [0.05, 0.1) is 6.10 Å². The number of allylic oxidation sites excluding steroid dienone is 2. The number of unbranched alkanes of at least 4 members (excludes halogenated alkanes) is 2. The molecule has 0 radical (unpaired) electrons. The third kappa shape index (κ3) is 6.43. The maximum atomic E-state index is 5.63. The Morgan fingerprint density at radius 2 is 1.66 bits per heavy atom.